The SMILES string of the molecule is CCOC(c1ccccc1)c1noc([C@@H](O)CCN)n1. The highest BCUT2D eigenvalue weighted by molar-refractivity contribution is 5.22. The summed E-state index contributed by atoms with van der Waals surface area (Å²) in [5.74, 6) is 0.579. The van der Waals surface area contributed by atoms with Gasteiger partial charge in [-0.05, 0) is 25.5 Å². The van der Waals surface area contributed by atoms with Gasteiger partial charge in [0.1, 0.15) is 12.2 Å². The molecule has 0 spiro atoms. The van der Waals surface area contributed by atoms with Crippen LogP contribution in [0.4, 0.5) is 0 Å². The molecule has 1 unspecified atom stereocenters. The molecular formula is C14H19N3O3. The third kappa shape index (κ3) is 3.41. The molecule has 6 heteroatoms. The Balaban J connectivity index is 2.22. The fourth-order valence-electron chi connectivity index (χ4n) is 1.88. The third-order valence-corrected chi connectivity index (χ3v) is 2.85. The molecule has 1 aromatic heterocycles. The summed E-state index contributed by atoms with van der Waals surface area (Å²) >= 11 is 0. The highest BCUT2D eigenvalue weighted by Gasteiger charge is 2.23. The number of aliphatic hydroxyl groups excluding tert-OH is 1. The van der Waals surface area contributed by atoms with E-state index in [9.17, 15) is 5.11 Å². The first-order valence-corrected chi connectivity index (χ1v) is 6.64. The zero-order valence-electron chi connectivity index (χ0n) is 11.4. The molecule has 0 bridgehead atoms. The van der Waals surface area contributed by atoms with Gasteiger partial charge in [0, 0.05) is 6.61 Å². The van der Waals surface area contributed by atoms with Crippen molar-refractivity contribution in [2.45, 2.75) is 25.6 Å². The molecule has 2 atom stereocenters. The minimum Gasteiger partial charge on any atom is -0.383 e. The van der Waals surface area contributed by atoms with E-state index >= 15 is 0 Å². The van der Waals surface area contributed by atoms with Gasteiger partial charge in [-0.25, -0.2) is 0 Å². The van der Waals surface area contributed by atoms with E-state index in [2.05, 4.69) is 10.1 Å². The van der Waals surface area contributed by atoms with Crippen LogP contribution in [0.1, 0.15) is 42.8 Å². The first-order valence-electron chi connectivity index (χ1n) is 6.64. The minimum absolute atomic E-state index is 0.172. The van der Waals surface area contributed by atoms with Crippen LogP contribution >= 0.6 is 0 Å². The zero-order valence-corrected chi connectivity index (χ0v) is 11.4. The fourth-order valence-corrected chi connectivity index (χ4v) is 1.88. The number of benzene rings is 1. The monoisotopic (exact) mass is 277 g/mol. The third-order valence-electron chi connectivity index (χ3n) is 2.85. The predicted octanol–water partition coefficient (Wildman–Crippen LogP) is 1.58. The van der Waals surface area contributed by atoms with E-state index in [-0.39, 0.29) is 5.89 Å². The molecular weight excluding hydrogens is 258 g/mol. The molecule has 2 aromatic rings. The summed E-state index contributed by atoms with van der Waals surface area (Å²) in [7, 11) is 0. The van der Waals surface area contributed by atoms with Gasteiger partial charge in [-0.1, -0.05) is 35.5 Å². The van der Waals surface area contributed by atoms with Crippen molar-refractivity contribution in [3.63, 3.8) is 0 Å². The highest BCUT2D eigenvalue weighted by atomic mass is 16.5. The number of aromatic nitrogens is 2. The van der Waals surface area contributed by atoms with Crippen molar-refractivity contribution >= 4 is 0 Å². The number of aliphatic hydroxyl groups is 1. The second kappa shape index (κ2) is 7.14. The molecule has 1 aromatic carbocycles. The molecule has 0 aliphatic carbocycles. The van der Waals surface area contributed by atoms with E-state index in [4.69, 9.17) is 15.0 Å². The van der Waals surface area contributed by atoms with Crippen molar-refractivity contribution < 1.29 is 14.4 Å². The summed E-state index contributed by atoms with van der Waals surface area (Å²) in [5, 5.41) is 13.7. The summed E-state index contributed by atoms with van der Waals surface area (Å²) in [5.41, 5.74) is 6.34. The van der Waals surface area contributed by atoms with Gasteiger partial charge in [0.25, 0.3) is 5.89 Å². The Kier molecular flexibility index (Phi) is 5.23. The standard InChI is InChI=1S/C14H19N3O3/c1-2-19-12(10-6-4-3-5-7-10)13-16-14(20-17-13)11(18)8-9-15/h3-7,11-12,18H,2,8-9,15H2,1H3/t11-,12?/m0/s1. The average molecular weight is 277 g/mol. The van der Waals surface area contributed by atoms with E-state index in [0.29, 0.717) is 25.4 Å². The Morgan fingerprint density at radius 2 is 2.10 bits per heavy atom. The average Bonchev–Trinajstić information content (AvgIpc) is 2.95. The van der Waals surface area contributed by atoms with Gasteiger partial charge in [-0.15, -0.1) is 0 Å². The van der Waals surface area contributed by atoms with E-state index in [1.165, 1.54) is 0 Å². The molecule has 20 heavy (non-hydrogen) atoms. The van der Waals surface area contributed by atoms with E-state index in [1.54, 1.807) is 0 Å². The van der Waals surface area contributed by atoms with Gasteiger partial charge in [0.15, 0.2) is 0 Å². The Morgan fingerprint density at radius 3 is 2.75 bits per heavy atom. The van der Waals surface area contributed by atoms with Crippen molar-refractivity contribution in [3.8, 4) is 0 Å². The van der Waals surface area contributed by atoms with Crippen LogP contribution < -0.4 is 5.73 Å². The van der Waals surface area contributed by atoms with Crippen LogP contribution in [-0.4, -0.2) is 28.4 Å². The van der Waals surface area contributed by atoms with Crippen LogP contribution in [0.15, 0.2) is 34.9 Å². The molecule has 3 N–H and O–H groups in total. The van der Waals surface area contributed by atoms with Gasteiger partial charge in [0.05, 0.1) is 0 Å². The molecule has 1 heterocycles. The minimum atomic E-state index is -0.834. The molecule has 0 fully saturated rings. The van der Waals surface area contributed by atoms with Crippen LogP contribution in [0.5, 0.6) is 0 Å². The highest BCUT2D eigenvalue weighted by Crippen LogP contribution is 2.25. The van der Waals surface area contributed by atoms with Gasteiger partial charge < -0.3 is 20.1 Å². The van der Waals surface area contributed by atoms with Crippen LogP contribution in [0, 0.1) is 0 Å². The number of nitrogens with two attached hydrogens (primary N) is 1. The summed E-state index contributed by atoms with van der Waals surface area (Å²) in [6.07, 6.45) is -0.852. The van der Waals surface area contributed by atoms with E-state index in [1.807, 2.05) is 37.3 Å². The number of ether oxygens (including phenoxy) is 1. The van der Waals surface area contributed by atoms with Gasteiger partial charge >= 0.3 is 0 Å². The van der Waals surface area contributed by atoms with Gasteiger partial charge in [-0.3, -0.25) is 0 Å². The lowest BCUT2D eigenvalue weighted by molar-refractivity contribution is 0.0832. The molecule has 0 saturated heterocycles. The van der Waals surface area contributed by atoms with Crippen molar-refractivity contribution in [2.75, 3.05) is 13.2 Å². The predicted molar refractivity (Wildman–Crippen MR) is 72.8 cm³/mol. The summed E-state index contributed by atoms with van der Waals surface area (Å²) in [4.78, 5) is 4.22. The molecule has 0 saturated carbocycles. The van der Waals surface area contributed by atoms with Crippen LogP contribution in [-0.2, 0) is 4.74 Å². The quantitative estimate of drug-likeness (QED) is 0.798. The summed E-state index contributed by atoms with van der Waals surface area (Å²) < 4.78 is 10.8. The summed E-state index contributed by atoms with van der Waals surface area (Å²) in [6, 6.07) is 9.65. The molecule has 2 rings (SSSR count). The second-order valence-corrected chi connectivity index (χ2v) is 4.33. The number of hydrogen-bond acceptors (Lipinski definition) is 6. The molecule has 0 amide bonds. The lowest BCUT2D eigenvalue weighted by Crippen LogP contribution is -2.09. The van der Waals surface area contributed by atoms with Gasteiger partial charge in [0.2, 0.25) is 5.82 Å². The number of rotatable bonds is 7. The maximum absolute atomic E-state index is 9.80. The van der Waals surface area contributed by atoms with Crippen LogP contribution in [0.2, 0.25) is 0 Å². The fraction of sp³-hybridized carbons (Fsp3) is 0.429. The lowest BCUT2D eigenvalue weighted by atomic mass is 10.1. The first-order chi connectivity index (χ1) is 9.76. The maximum atomic E-state index is 9.80. The van der Waals surface area contributed by atoms with Gasteiger partial charge in [-0.2, -0.15) is 4.98 Å². The second-order valence-electron chi connectivity index (χ2n) is 4.33. The van der Waals surface area contributed by atoms with Crippen molar-refractivity contribution in [1.82, 2.24) is 10.1 Å². The Labute approximate surface area is 117 Å². The topological polar surface area (TPSA) is 94.4 Å². The first kappa shape index (κ1) is 14.6. The van der Waals surface area contributed by atoms with Crippen LogP contribution in [0.3, 0.4) is 0 Å². The Hall–Kier alpha value is -1.76. The van der Waals surface area contributed by atoms with Crippen molar-refractivity contribution in [1.29, 1.82) is 0 Å². The smallest absolute Gasteiger partial charge is 0.255 e. The molecule has 6 nitrogen and oxygen atoms in total. The number of nitrogens with zero attached hydrogens (tertiary/aromatic N) is 2. The van der Waals surface area contributed by atoms with E-state index in [0.717, 1.165) is 5.56 Å². The molecule has 0 radical (unpaired) electrons. The molecule has 0 aliphatic rings. The Bertz CT molecular complexity index is 515. The number of hydrogen-bond donors (Lipinski definition) is 2. The maximum Gasteiger partial charge on any atom is 0.255 e. The molecule has 108 valence electrons. The van der Waals surface area contributed by atoms with Crippen LogP contribution in [0.25, 0.3) is 0 Å². The summed E-state index contributed by atoms with van der Waals surface area (Å²) in [6.45, 7) is 2.78. The van der Waals surface area contributed by atoms with Crippen molar-refractivity contribution in [2.24, 2.45) is 5.73 Å². The molecule has 0 aliphatic heterocycles. The van der Waals surface area contributed by atoms with E-state index < -0.39 is 12.2 Å². The zero-order chi connectivity index (χ0) is 14.4. The Morgan fingerprint density at radius 1 is 1.35 bits per heavy atom. The normalized spacial score (nSPS) is 14.2. The van der Waals surface area contributed by atoms with Crippen molar-refractivity contribution in [3.05, 3.63) is 47.6 Å². The largest absolute Gasteiger partial charge is 0.383 e. The lowest BCUT2D eigenvalue weighted by Gasteiger charge is -2.13.